The molecule has 0 heterocycles. The molecule has 1 aliphatic rings. The lowest BCUT2D eigenvalue weighted by atomic mass is 9.77. The van der Waals surface area contributed by atoms with Crippen molar-refractivity contribution in [1.29, 1.82) is 0 Å². The van der Waals surface area contributed by atoms with E-state index in [2.05, 4.69) is 38.1 Å². The van der Waals surface area contributed by atoms with Gasteiger partial charge in [-0.2, -0.15) is 0 Å². The Hall–Kier alpha value is -0.780. The van der Waals surface area contributed by atoms with E-state index >= 15 is 0 Å². The van der Waals surface area contributed by atoms with Crippen LogP contribution in [0.15, 0.2) is 24.3 Å². The Morgan fingerprint density at radius 2 is 1.92 bits per heavy atom. The summed E-state index contributed by atoms with van der Waals surface area (Å²) in [5.74, 6) is 1.62. The van der Waals surface area contributed by atoms with Crippen LogP contribution in [0.25, 0.3) is 0 Å². The summed E-state index contributed by atoms with van der Waals surface area (Å²) in [6.45, 7) is 4.71. The first-order valence-electron chi connectivity index (χ1n) is 4.87. The normalized spacial score (nSPS) is 28.2. The Kier molecular flexibility index (Phi) is 1.92. The zero-order valence-electron chi connectivity index (χ0n) is 7.88. The number of fused-ring (bicyclic) bond motifs is 1. The third-order valence-electron chi connectivity index (χ3n) is 3.27. The molecule has 1 aliphatic carbocycles. The molecule has 1 aromatic rings. The largest absolute Gasteiger partial charge is 0.0620 e. The van der Waals surface area contributed by atoms with Crippen molar-refractivity contribution in [3.8, 4) is 0 Å². The van der Waals surface area contributed by atoms with E-state index < -0.39 is 0 Å². The maximum atomic E-state index is 2.36. The molecule has 0 bridgehead atoms. The molecule has 12 heavy (non-hydrogen) atoms. The summed E-state index contributed by atoms with van der Waals surface area (Å²) in [5.41, 5.74) is 3.15. The van der Waals surface area contributed by atoms with E-state index in [4.69, 9.17) is 0 Å². The van der Waals surface area contributed by atoms with E-state index in [1.807, 2.05) is 0 Å². The van der Waals surface area contributed by atoms with Gasteiger partial charge < -0.3 is 0 Å². The highest BCUT2D eigenvalue weighted by molar-refractivity contribution is 5.32. The minimum Gasteiger partial charge on any atom is -0.0620 e. The molecule has 0 radical (unpaired) electrons. The Labute approximate surface area is 74.6 Å². The lowest BCUT2D eigenvalue weighted by Crippen LogP contribution is -2.15. The second kappa shape index (κ2) is 2.93. The Bertz CT molecular complexity index is 275. The van der Waals surface area contributed by atoms with Crippen LogP contribution in [0.2, 0.25) is 0 Å². The second-order valence-electron chi connectivity index (χ2n) is 4.00. The number of hydrogen-bond acceptors (Lipinski definition) is 0. The van der Waals surface area contributed by atoms with Gasteiger partial charge in [-0.3, -0.25) is 0 Å². The summed E-state index contributed by atoms with van der Waals surface area (Å²) < 4.78 is 0. The molecule has 0 N–H and O–H groups in total. The molecule has 0 amide bonds. The van der Waals surface area contributed by atoms with Crippen molar-refractivity contribution in [2.75, 3.05) is 0 Å². The molecule has 0 spiro atoms. The monoisotopic (exact) mass is 160 g/mol. The Morgan fingerprint density at radius 3 is 2.75 bits per heavy atom. The predicted octanol–water partition coefficient (Wildman–Crippen LogP) is 3.37. The van der Waals surface area contributed by atoms with E-state index in [0.29, 0.717) is 0 Å². The topological polar surface area (TPSA) is 0 Å². The van der Waals surface area contributed by atoms with Gasteiger partial charge in [-0.25, -0.2) is 0 Å². The van der Waals surface area contributed by atoms with Crippen molar-refractivity contribution in [2.45, 2.75) is 32.6 Å². The van der Waals surface area contributed by atoms with Crippen LogP contribution in [0, 0.1) is 5.92 Å². The molecule has 0 unspecified atom stereocenters. The molecule has 0 nitrogen and oxygen atoms in total. The number of hydrogen-bond donors (Lipinski definition) is 0. The van der Waals surface area contributed by atoms with Crippen LogP contribution in [0.5, 0.6) is 0 Å². The fourth-order valence-corrected chi connectivity index (χ4v) is 2.15. The quantitative estimate of drug-likeness (QED) is 0.546. The van der Waals surface area contributed by atoms with Gasteiger partial charge in [-0.15, -0.1) is 0 Å². The molecule has 2 atom stereocenters. The van der Waals surface area contributed by atoms with Crippen molar-refractivity contribution < 1.29 is 0 Å². The van der Waals surface area contributed by atoms with E-state index in [-0.39, 0.29) is 0 Å². The number of aryl methyl sites for hydroxylation is 1. The lowest BCUT2D eigenvalue weighted by Gasteiger charge is -2.28. The maximum absolute atomic E-state index is 2.36. The Morgan fingerprint density at radius 1 is 1.17 bits per heavy atom. The first-order valence-corrected chi connectivity index (χ1v) is 4.87. The zero-order valence-corrected chi connectivity index (χ0v) is 7.88. The van der Waals surface area contributed by atoms with Gasteiger partial charge in [0.25, 0.3) is 0 Å². The van der Waals surface area contributed by atoms with E-state index in [9.17, 15) is 0 Å². The number of rotatable bonds is 0. The summed E-state index contributed by atoms with van der Waals surface area (Å²) in [4.78, 5) is 0. The average Bonchev–Trinajstić information content (AvgIpc) is 2.12. The molecule has 0 aromatic heterocycles. The van der Waals surface area contributed by atoms with Crippen molar-refractivity contribution in [3.63, 3.8) is 0 Å². The van der Waals surface area contributed by atoms with Crippen molar-refractivity contribution in [2.24, 2.45) is 5.92 Å². The molecule has 0 fully saturated rings. The van der Waals surface area contributed by atoms with E-state index in [1.54, 1.807) is 11.1 Å². The van der Waals surface area contributed by atoms with Gasteiger partial charge in [0.15, 0.2) is 0 Å². The highest BCUT2D eigenvalue weighted by Gasteiger charge is 2.21. The van der Waals surface area contributed by atoms with Crippen molar-refractivity contribution in [1.82, 2.24) is 0 Å². The van der Waals surface area contributed by atoms with Gasteiger partial charge in [0, 0.05) is 0 Å². The van der Waals surface area contributed by atoms with E-state index in [0.717, 1.165) is 11.8 Å². The van der Waals surface area contributed by atoms with Gasteiger partial charge in [0.1, 0.15) is 0 Å². The van der Waals surface area contributed by atoms with Crippen LogP contribution in [-0.2, 0) is 6.42 Å². The smallest absolute Gasteiger partial charge is 0.0162 e. The summed E-state index contributed by atoms with van der Waals surface area (Å²) in [6, 6.07) is 8.88. The predicted molar refractivity (Wildman–Crippen MR) is 52.3 cm³/mol. The molecule has 0 heteroatoms. The lowest BCUT2D eigenvalue weighted by molar-refractivity contribution is 0.426. The molecule has 2 rings (SSSR count). The van der Waals surface area contributed by atoms with E-state index in [1.165, 1.54) is 12.8 Å². The average molecular weight is 160 g/mol. The summed E-state index contributed by atoms with van der Waals surface area (Å²) in [6.07, 6.45) is 2.64. The second-order valence-corrected chi connectivity index (χ2v) is 4.00. The molecular formula is C12H16. The van der Waals surface area contributed by atoms with Gasteiger partial charge in [0.2, 0.25) is 0 Å². The highest BCUT2D eigenvalue weighted by Crippen LogP contribution is 2.34. The fraction of sp³-hybridized carbons (Fsp3) is 0.500. The summed E-state index contributed by atoms with van der Waals surface area (Å²) >= 11 is 0. The van der Waals surface area contributed by atoms with Crippen molar-refractivity contribution in [3.05, 3.63) is 35.4 Å². The SMILES string of the molecule is C[C@H]1CCc2ccccc2[C@@H]1C. The molecule has 0 saturated carbocycles. The minimum atomic E-state index is 0.759. The van der Waals surface area contributed by atoms with Gasteiger partial charge in [-0.05, 0) is 35.8 Å². The van der Waals surface area contributed by atoms with Crippen LogP contribution < -0.4 is 0 Å². The first-order chi connectivity index (χ1) is 5.79. The molecule has 0 saturated heterocycles. The van der Waals surface area contributed by atoms with Gasteiger partial charge in [-0.1, -0.05) is 38.1 Å². The molecular weight excluding hydrogens is 144 g/mol. The fourth-order valence-electron chi connectivity index (χ4n) is 2.15. The van der Waals surface area contributed by atoms with Crippen LogP contribution >= 0.6 is 0 Å². The molecule has 0 aliphatic heterocycles. The molecule has 64 valence electrons. The van der Waals surface area contributed by atoms with Crippen molar-refractivity contribution >= 4 is 0 Å². The molecule has 1 aromatic carbocycles. The third kappa shape index (κ3) is 1.16. The van der Waals surface area contributed by atoms with Gasteiger partial charge in [0.05, 0.1) is 0 Å². The third-order valence-corrected chi connectivity index (χ3v) is 3.27. The standard InChI is InChI=1S/C12H16/c1-9-7-8-11-5-3-4-6-12(11)10(9)2/h3-6,9-10H,7-8H2,1-2H3/t9-,10+/m0/s1. The minimum absolute atomic E-state index is 0.759. The zero-order chi connectivity index (χ0) is 8.55. The van der Waals surface area contributed by atoms with Crippen LogP contribution in [0.1, 0.15) is 37.3 Å². The van der Waals surface area contributed by atoms with Crippen LogP contribution in [0.4, 0.5) is 0 Å². The number of benzene rings is 1. The van der Waals surface area contributed by atoms with Crippen LogP contribution in [-0.4, -0.2) is 0 Å². The maximum Gasteiger partial charge on any atom is -0.0162 e. The highest BCUT2D eigenvalue weighted by atomic mass is 14.3. The summed E-state index contributed by atoms with van der Waals surface area (Å²) in [7, 11) is 0. The van der Waals surface area contributed by atoms with Gasteiger partial charge >= 0.3 is 0 Å². The summed E-state index contributed by atoms with van der Waals surface area (Å²) in [5, 5.41) is 0. The first kappa shape index (κ1) is 7.85. The van der Waals surface area contributed by atoms with Crippen LogP contribution in [0.3, 0.4) is 0 Å². The Balaban J connectivity index is 2.42.